The molecule has 2 aromatic heterocycles. The molecule has 0 unspecified atom stereocenters. The number of nitrogens with zero attached hydrogens (tertiary/aromatic N) is 1. The third kappa shape index (κ3) is 3.06. The molecule has 5 heteroatoms. The fraction of sp³-hybridized carbons (Fsp3) is 0.100. The van der Waals surface area contributed by atoms with Gasteiger partial charge in [-0.15, -0.1) is 11.3 Å². The van der Waals surface area contributed by atoms with Crippen LogP contribution < -0.4 is 10.4 Å². The molecule has 4 aromatic rings. The molecular formula is C20H15NO3S. The van der Waals surface area contributed by atoms with Gasteiger partial charge in [-0.3, -0.25) is 0 Å². The van der Waals surface area contributed by atoms with Gasteiger partial charge in [-0.05, 0) is 25.1 Å². The summed E-state index contributed by atoms with van der Waals surface area (Å²) in [6.07, 6.45) is 0. The average molecular weight is 349 g/mol. The zero-order valence-electron chi connectivity index (χ0n) is 13.6. The van der Waals surface area contributed by atoms with Crippen LogP contribution in [0, 0.1) is 0 Å². The van der Waals surface area contributed by atoms with Crippen LogP contribution in [0.25, 0.3) is 32.8 Å². The van der Waals surface area contributed by atoms with Gasteiger partial charge in [0.15, 0.2) is 0 Å². The van der Waals surface area contributed by atoms with Crippen molar-refractivity contribution in [1.29, 1.82) is 0 Å². The largest absolute Gasteiger partial charge is 0.494 e. The predicted molar refractivity (Wildman–Crippen MR) is 100 cm³/mol. The van der Waals surface area contributed by atoms with Gasteiger partial charge in [-0.2, -0.15) is 0 Å². The lowest BCUT2D eigenvalue weighted by molar-refractivity contribution is 0.340. The Kier molecular flexibility index (Phi) is 4.07. The van der Waals surface area contributed by atoms with E-state index in [0.29, 0.717) is 29.2 Å². The third-order valence-corrected chi connectivity index (χ3v) is 4.71. The number of thiazole rings is 1. The quantitative estimate of drug-likeness (QED) is 0.488. The standard InChI is InChI=1S/C20H15NO3S/c1-2-23-15-9-8-14-10-16(20(22)24-18(14)11-15)17-12-25-19(21-17)13-6-4-3-5-7-13/h3-12H,2H2,1H3. The number of rotatable bonds is 4. The molecule has 0 N–H and O–H groups in total. The Labute approximate surface area is 148 Å². The van der Waals surface area contributed by atoms with E-state index in [1.807, 2.05) is 60.8 Å². The van der Waals surface area contributed by atoms with Crippen LogP contribution in [0.2, 0.25) is 0 Å². The van der Waals surface area contributed by atoms with E-state index in [1.165, 1.54) is 11.3 Å². The minimum atomic E-state index is -0.397. The number of hydrogen-bond donors (Lipinski definition) is 0. The summed E-state index contributed by atoms with van der Waals surface area (Å²) >= 11 is 1.51. The van der Waals surface area contributed by atoms with E-state index in [-0.39, 0.29) is 0 Å². The van der Waals surface area contributed by atoms with Crippen LogP contribution in [-0.4, -0.2) is 11.6 Å². The van der Waals surface area contributed by atoms with E-state index in [9.17, 15) is 4.79 Å². The van der Waals surface area contributed by atoms with Gasteiger partial charge in [0, 0.05) is 22.4 Å². The molecular weight excluding hydrogens is 334 g/mol. The molecule has 4 nitrogen and oxygen atoms in total. The second-order valence-electron chi connectivity index (χ2n) is 5.48. The summed E-state index contributed by atoms with van der Waals surface area (Å²) in [5.74, 6) is 0.686. The van der Waals surface area contributed by atoms with Gasteiger partial charge in [-0.1, -0.05) is 30.3 Å². The molecule has 0 spiro atoms. The van der Waals surface area contributed by atoms with Crippen LogP contribution >= 0.6 is 11.3 Å². The number of ether oxygens (including phenoxy) is 1. The van der Waals surface area contributed by atoms with Crippen molar-refractivity contribution in [1.82, 2.24) is 4.98 Å². The molecule has 0 aliphatic rings. The summed E-state index contributed by atoms with van der Waals surface area (Å²) in [7, 11) is 0. The minimum absolute atomic E-state index is 0.397. The summed E-state index contributed by atoms with van der Waals surface area (Å²) in [5.41, 5.74) is 2.25. The topological polar surface area (TPSA) is 52.3 Å². The van der Waals surface area contributed by atoms with Gasteiger partial charge < -0.3 is 9.15 Å². The first-order valence-corrected chi connectivity index (χ1v) is 8.84. The molecule has 25 heavy (non-hydrogen) atoms. The normalized spacial score (nSPS) is 10.9. The first-order valence-electron chi connectivity index (χ1n) is 7.96. The molecule has 2 heterocycles. The maximum Gasteiger partial charge on any atom is 0.345 e. The zero-order chi connectivity index (χ0) is 17.2. The van der Waals surface area contributed by atoms with Gasteiger partial charge >= 0.3 is 5.63 Å². The summed E-state index contributed by atoms with van der Waals surface area (Å²) < 4.78 is 10.9. The fourth-order valence-electron chi connectivity index (χ4n) is 2.64. The Morgan fingerprint density at radius 2 is 1.96 bits per heavy atom. The Morgan fingerprint density at radius 3 is 2.76 bits per heavy atom. The van der Waals surface area contributed by atoms with E-state index >= 15 is 0 Å². The predicted octanol–water partition coefficient (Wildman–Crippen LogP) is 4.98. The molecule has 0 saturated heterocycles. The van der Waals surface area contributed by atoms with E-state index in [1.54, 1.807) is 6.07 Å². The molecule has 0 bridgehead atoms. The zero-order valence-corrected chi connectivity index (χ0v) is 14.4. The van der Waals surface area contributed by atoms with Crippen molar-refractivity contribution in [3.05, 3.63) is 70.4 Å². The lowest BCUT2D eigenvalue weighted by atomic mass is 10.1. The SMILES string of the molecule is CCOc1ccc2cc(-c3csc(-c4ccccc4)n3)c(=O)oc2c1. The Morgan fingerprint density at radius 1 is 1.12 bits per heavy atom. The van der Waals surface area contributed by atoms with Crippen molar-refractivity contribution < 1.29 is 9.15 Å². The molecule has 0 atom stereocenters. The summed E-state index contributed by atoms with van der Waals surface area (Å²) in [6.45, 7) is 2.48. The molecule has 0 aliphatic carbocycles. The molecule has 2 aromatic carbocycles. The van der Waals surface area contributed by atoms with Crippen LogP contribution in [0.4, 0.5) is 0 Å². The average Bonchev–Trinajstić information content (AvgIpc) is 3.12. The van der Waals surface area contributed by atoms with Gasteiger partial charge in [0.05, 0.1) is 17.9 Å². The summed E-state index contributed by atoms with van der Waals surface area (Å²) in [5, 5.41) is 3.60. The molecule has 0 amide bonds. The lowest BCUT2D eigenvalue weighted by Gasteiger charge is -2.04. The molecule has 4 rings (SSSR count). The number of aromatic nitrogens is 1. The smallest absolute Gasteiger partial charge is 0.345 e. The van der Waals surface area contributed by atoms with E-state index in [2.05, 4.69) is 4.98 Å². The highest BCUT2D eigenvalue weighted by atomic mass is 32.1. The number of fused-ring (bicyclic) bond motifs is 1. The first kappa shape index (κ1) is 15.6. The third-order valence-electron chi connectivity index (χ3n) is 3.82. The minimum Gasteiger partial charge on any atom is -0.494 e. The van der Waals surface area contributed by atoms with Crippen molar-refractivity contribution >= 4 is 22.3 Å². The molecule has 0 fully saturated rings. The van der Waals surface area contributed by atoms with Crippen LogP contribution in [0.15, 0.2) is 69.2 Å². The van der Waals surface area contributed by atoms with Gasteiger partial charge in [-0.25, -0.2) is 9.78 Å². The van der Waals surface area contributed by atoms with Gasteiger partial charge in [0.25, 0.3) is 0 Å². The highest BCUT2D eigenvalue weighted by Crippen LogP contribution is 2.29. The highest BCUT2D eigenvalue weighted by molar-refractivity contribution is 7.13. The van der Waals surface area contributed by atoms with E-state index in [0.717, 1.165) is 16.0 Å². The van der Waals surface area contributed by atoms with Crippen LogP contribution in [0.3, 0.4) is 0 Å². The Bertz CT molecular complexity index is 1080. The Balaban J connectivity index is 1.77. The van der Waals surface area contributed by atoms with Crippen molar-refractivity contribution in [2.75, 3.05) is 6.61 Å². The van der Waals surface area contributed by atoms with Crippen LogP contribution in [0.1, 0.15) is 6.92 Å². The van der Waals surface area contributed by atoms with Crippen molar-refractivity contribution in [3.8, 4) is 27.6 Å². The van der Waals surface area contributed by atoms with E-state index in [4.69, 9.17) is 9.15 Å². The maximum atomic E-state index is 12.4. The monoisotopic (exact) mass is 349 g/mol. The second kappa shape index (κ2) is 6.53. The van der Waals surface area contributed by atoms with E-state index < -0.39 is 5.63 Å². The first-order chi connectivity index (χ1) is 12.2. The van der Waals surface area contributed by atoms with Crippen LogP contribution in [0.5, 0.6) is 5.75 Å². The highest BCUT2D eigenvalue weighted by Gasteiger charge is 2.13. The molecule has 0 radical (unpaired) electrons. The van der Waals surface area contributed by atoms with Crippen LogP contribution in [-0.2, 0) is 0 Å². The van der Waals surface area contributed by atoms with Crippen molar-refractivity contribution in [2.45, 2.75) is 6.92 Å². The fourth-order valence-corrected chi connectivity index (χ4v) is 3.46. The molecule has 0 aliphatic heterocycles. The van der Waals surface area contributed by atoms with Crippen molar-refractivity contribution in [2.24, 2.45) is 0 Å². The molecule has 124 valence electrons. The van der Waals surface area contributed by atoms with Crippen molar-refractivity contribution in [3.63, 3.8) is 0 Å². The van der Waals surface area contributed by atoms with Gasteiger partial charge in [0.2, 0.25) is 0 Å². The number of hydrogen-bond acceptors (Lipinski definition) is 5. The maximum absolute atomic E-state index is 12.4. The molecule has 0 saturated carbocycles. The lowest BCUT2D eigenvalue weighted by Crippen LogP contribution is -2.03. The van der Waals surface area contributed by atoms with Gasteiger partial charge in [0.1, 0.15) is 16.3 Å². The summed E-state index contributed by atoms with van der Waals surface area (Å²) in [4.78, 5) is 17.0. The summed E-state index contributed by atoms with van der Waals surface area (Å²) in [6, 6.07) is 17.2. The number of benzene rings is 2. The Hall–Kier alpha value is -2.92. The second-order valence-corrected chi connectivity index (χ2v) is 6.34.